The highest BCUT2D eigenvalue weighted by atomic mass is 16.5. The van der Waals surface area contributed by atoms with Gasteiger partial charge in [0.1, 0.15) is 12.1 Å². The molecule has 0 atom stereocenters. The number of carbonyl (C=O) groups excluding carboxylic acids is 1. The maximum Gasteiger partial charge on any atom is 0.233 e. The van der Waals surface area contributed by atoms with Crippen molar-refractivity contribution < 1.29 is 9.53 Å². The van der Waals surface area contributed by atoms with E-state index in [2.05, 4.69) is 38.9 Å². The lowest BCUT2D eigenvalue weighted by Crippen LogP contribution is -2.54. The van der Waals surface area contributed by atoms with Gasteiger partial charge in [0.05, 0.1) is 5.41 Å². The van der Waals surface area contributed by atoms with Crippen LogP contribution >= 0.6 is 0 Å². The molecular weight excluding hydrogens is 364 g/mol. The molecule has 0 bridgehead atoms. The number of rotatable bonds is 4. The van der Waals surface area contributed by atoms with Crippen LogP contribution in [-0.4, -0.2) is 60.2 Å². The minimum Gasteiger partial charge on any atom is -0.381 e. The minimum absolute atomic E-state index is 0.269. The van der Waals surface area contributed by atoms with Crippen LogP contribution < -0.4 is 4.90 Å². The summed E-state index contributed by atoms with van der Waals surface area (Å²) in [5.74, 6) is 1.22. The third kappa shape index (κ3) is 3.99. The number of carbonyl (C=O) groups is 1. The van der Waals surface area contributed by atoms with Gasteiger partial charge >= 0.3 is 0 Å². The zero-order valence-corrected chi connectivity index (χ0v) is 17.4. The molecule has 0 radical (unpaired) electrons. The quantitative estimate of drug-likeness (QED) is 0.798. The lowest BCUT2D eigenvalue weighted by molar-refractivity contribution is -0.142. The summed E-state index contributed by atoms with van der Waals surface area (Å²) in [5.41, 5.74) is 1.66. The molecule has 1 amide bonds. The Morgan fingerprint density at radius 3 is 2.48 bits per heavy atom. The zero-order valence-electron chi connectivity index (χ0n) is 17.4. The molecule has 6 heteroatoms. The van der Waals surface area contributed by atoms with E-state index in [-0.39, 0.29) is 5.91 Å². The van der Waals surface area contributed by atoms with Gasteiger partial charge in [-0.1, -0.05) is 30.3 Å². The van der Waals surface area contributed by atoms with Gasteiger partial charge in [-0.05, 0) is 38.2 Å². The van der Waals surface area contributed by atoms with Crippen molar-refractivity contribution >= 4 is 11.7 Å². The normalized spacial score (nSPS) is 19.7. The summed E-state index contributed by atoms with van der Waals surface area (Å²) >= 11 is 0. The molecule has 0 saturated carbocycles. The first-order chi connectivity index (χ1) is 14.1. The largest absolute Gasteiger partial charge is 0.381 e. The zero-order chi connectivity index (χ0) is 20.3. The van der Waals surface area contributed by atoms with Crippen LogP contribution in [0.25, 0.3) is 0 Å². The van der Waals surface area contributed by atoms with Gasteiger partial charge in [-0.25, -0.2) is 9.97 Å². The van der Waals surface area contributed by atoms with Crippen LogP contribution in [0.5, 0.6) is 0 Å². The van der Waals surface area contributed by atoms with Gasteiger partial charge in [-0.2, -0.15) is 0 Å². The Morgan fingerprint density at radius 2 is 1.83 bits per heavy atom. The van der Waals surface area contributed by atoms with E-state index in [0.29, 0.717) is 19.3 Å². The molecule has 154 valence electrons. The van der Waals surface area contributed by atoms with Gasteiger partial charge < -0.3 is 14.5 Å². The number of nitrogens with zero attached hydrogens (tertiary/aromatic N) is 4. The van der Waals surface area contributed by atoms with Crippen LogP contribution in [0.1, 0.15) is 36.9 Å². The Hall–Kier alpha value is -2.47. The number of hydrogen-bond acceptors (Lipinski definition) is 5. The Bertz CT molecular complexity index is 828. The second-order valence-electron chi connectivity index (χ2n) is 8.21. The van der Waals surface area contributed by atoms with Crippen molar-refractivity contribution in [3.05, 3.63) is 54.0 Å². The molecular formula is C23H30N4O2. The van der Waals surface area contributed by atoms with E-state index in [1.807, 2.05) is 31.2 Å². The fraction of sp³-hybridized carbons (Fsp3) is 0.522. The number of piperidine rings is 1. The van der Waals surface area contributed by atoms with Crippen molar-refractivity contribution in [1.82, 2.24) is 14.9 Å². The molecule has 2 saturated heterocycles. The van der Waals surface area contributed by atoms with Crippen molar-refractivity contribution in [3.8, 4) is 0 Å². The number of hydrogen-bond donors (Lipinski definition) is 0. The third-order valence-electron chi connectivity index (χ3n) is 6.53. The van der Waals surface area contributed by atoms with Gasteiger partial charge in [0, 0.05) is 51.2 Å². The first kappa shape index (κ1) is 19.8. The summed E-state index contributed by atoms with van der Waals surface area (Å²) in [5, 5.41) is 0. The first-order valence-electron chi connectivity index (χ1n) is 10.5. The number of amides is 1. The average molecular weight is 395 g/mol. The van der Waals surface area contributed by atoms with Crippen LogP contribution in [0.15, 0.2) is 42.7 Å². The van der Waals surface area contributed by atoms with E-state index < -0.39 is 5.41 Å². The molecule has 0 unspecified atom stereocenters. The number of aryl methyl sites for hydroxylation is 1. The molecule has 6 nitrogen and oxygen atoms in total. The van der Waals surface area contributed by atoms with Crippen molar-refractivity contribution in [3.63, 3.8) is 0 Å². The van der Waals surface area contributed by atoms with E-state index in [4.69, 9.17) is 4.74 Å². The molecule has 0 N–H and O–H groups in total. The molecule has 3 heterocycles. The van der Waals surface area contributed by atoms with Crippen molar-refractivity contribution in [1.29, 1.82) is 0 Å². The maximum atomic E-state index is 13.7. The lowest BCUT2D eigenvalue weighted by atomic mass is 9.72. The average Bonchev–Trinajstić information content (AvgIpc) is 2.79. The predicted octanol–water partition coefficient (Wildman–Crippen LogP) is 2.96. The molecule has 1 aromatic heterocycles. The Balaban J connectivity index is 1.46. The number of aromatic nitrogens is 2. The monoisotopic (exact) mass is 394 g/mol. The van der Waals surface area contributed by atoms with E-state index in [1.165, 1.54) is 0 Å². The van der Waals surface area contributed by atoms with E-state index in [9.17, 15) is 4.79 Å². The number of anilines is 1. The Morgan fingerprint density at radius 1 is 1.14 bits per heavy atom. The Labute approximate surface area is 172 Å². The van der Waals surface area contributed by atoms with Crippen LogP contribution in [0.3, 0.4) is 0 Å². The maximum absolute atomic E-state index is 13.7. The van der Waals surface area contributed by atoms with Crippen LogP contribution in [0, 0.1) is 6.92 Å². The summed E-state index contributed by atoms with van der Waals surface area (Å²) in [6, 6.07) is 12.7. The summed E-state index contributed by atoms with van der Waals surface area (Å²) in [4.78, 5) is 26.6. The molecule has 4 rings (SSSR count). The summed E-state index contributed by atoms with van der Waals surface area (Å²) in [6.07, 6.45) is 5.04. The van der Waals surface area contributed by atoms with Crippen LogP contribution in [-0.2, 0) is 14.9 Å². The standard InChI is InChI=1S/C23H30N4O2/c1-18-16-21(25-17-24-18)26(2)20-8-12-27(13-9-20)22(28)23(10-14-29-15-11-23)19-6-4-3-5-7-19/h3-7,16-17,20H,8-15H2,1-2H3. The molecule has 2 aromatic rings. The summed E-state index contributed by atoms with van der Waals surface area (Å²) in [7, 11) is 2.09. The second-order valence-corrected chi connectivity index (χ2v) is 8.21. The minimum atomic E-state index is -0.442. The van der Waals surface area contributed by atoms with Gasteiger partial charge in [0.2, 0.25) is 5.91 Å². The number of likely N-dealkylation sites (tertiary alicyclic amines) is 1. The van der Waals surface area contributed by atoms with E-state index in [0.717, 1.165) is 55.8 Å². The highest BCUT2D eigenvalue weighted by Gasteiger charge is 2.44. The highest BCUT2D eigenvalue weighted by Crippen LogP contribution is 2.37. The van der Waals surface area contributed by atoms with E-state index >= 15 is 0 Å². The molecule has 0 spiro atoms. The van der Waals surface area contributed by atoms with Crippen molar-refractivity contribution in [2.24, 2.45) is 0 Å². The van der Waals surface area contributed by atoms with Gasteiger partial charge in [0.25, 0.3) is 0 Å². The van der Waals surface area contributed by atoms with Crippen molar-refractivity contribution in [2.45, 2.75) is 44.1 Å². The summed E-state index contributed by atoms with van der Waals surface area (Å²) < 4.78 is 5.60. The highest BCUT2D eigenvalue weighted by molar-refractivity contribution is 5.88. The fourth-order valence-corrected chi connectivity index (χ4v) is 4.68. The van der Waals surface area contributed by atoms with Crippen molar-refractivity contribution in [2.75, 3.05) is 38.3 Å². The number of benzene rings is 1. The molecule has 2 fully saturated rings. The summed E-state index contributed by atoms with van der Waals surface area (Å²) in [6.45, 7) is 4.84. The van der Waals surface area contributed by atoms with Gasteiger partial charge in [-0.3, -0.25) is 4.79 Å². The number of ether oxygens (including phenoxy) is 1. The fourth-order valence-electron chi connectivity index (χ4n) is 4.68. The van der Waals surface area contributed by atoms with Gasteiger partial charge in [0.15, 0.2) is 0 Å². The molecule has 29 heavy (non-hydrogen) atoms. The smallest absolute Gasteiger partial charge is 0.233 e. The lowest BCUT2D eigenvalue weighted by Gasteiger charge is -2.43. The van der Waals surface area contributed by atoms with Gasteiger partial charge in [-0.15, -0.1) is 0 Å². The third-order valence-corrected chi connectivity index (χ3v) is 6.53. The SMILES string of the molecule is Cc1cc(N(C)C2CCN(C(=O)C3(c4ccccc4)CCOCC3)CC2)ncn1. The molecule has 2 aliphatic heterocycles. The first-order valence-corrected chi connectivity index (χ1v) is 10.5. The predicted molar refractivity (Wildman–Crippen MR) is 113 cm³/mol. The molecule has 2 aliphatic rings. The van der Waals surface area contributed by atoms with E-state index in [1.54, 1.807) is 6.33 Å². The van der Waals surface area contributed by atoms with Crippen LogP contribution in [0.2, 0.25) is 0 Å². The molecule has 0 aliphatic carbocycles. The topological polar surface area (TPSA) is 58.6 Å². The molecule has 1 aromatic carbocycles. The Kier molecular flexibility index (Phi) is 5.81. The van der Waals surface area contributed by atoms with Crippen LogP contribution in [0.4, 0.5) is 5.82 Å². The second kappa shape index (κ2) is 8.49.